The molecule has 0 aliphatic rings. The summed E-state index contributed by atoms with van der Waals surface area (Å²) in [6, 6.07) is 5.21. The van der Waals surface area contributed by atoms with Crippen LogP contribution in [0.25, 0.3) is 0 Å². The van der Waals surface area contributed by atoms with Crippen LogP contribution in [0.2, 0.25) is 0 Å². The van der Waals surface area contributed by atoms with E-state index in [1.165, 1.54) is 0 Å². The Hall–Kier alpha value is -1.71. The van der Waals surface area contributed by atoms with Crippen LogP contribution in [-0.2, 0) is 13.1 Å². The second-order valence-corrected chi connectivity index (χ2v) is 5.39. The van der Waals surface area contributed by atoms with Gasteiger partial charge in [0.15, 0.2) is 11.7 Å². The van der Waals surface area contributed by atoms with E-state index in [0.717, 1.165) is 23.9 Å². The van der Waals surface area contributed by atoms with Crippen molar-refractivity contribution in [1.29, 1.82) is 0 Å². The summed E-state index contributed by atoms with van der Waals surface area (Å²) < 4.78 is 31.9. The van der Waals surface area contributed by atoms with Crippen LogP contribution in [0.3, 0.4) is 0 Å². The zero-order valence-electron chi connectivity index (χ0n) is 13.8. The number of halogens is 3. The minimum Gasteiger partial charge on any atom is -0.359 e. The Morgan fingerprint density at radius 3 is 2.54 bits per heavy atom. The lowest BCUT2D eigenvalue weighted by Crippen LogP contribution is -2.36. The number of rotatable bonds is 5. The molecule has 2 N–H and O–H groups in total. The Kier molecular flexibility index (Phi) is 8.09. The maximum Gasteiger partial charge on any atom is 0.191 e. The third-order valence-electron chi connectivity index (χ3n) is 3.28. The second kappa shape index (κ2) is 9.55. The highest BCUT2D eigenvalue weighted by Crippen LogP contribution is 2.13. The van der Waals surface area contributed by atoms with E-state index in [-0.39, 0.29) is 36.1 Å². The fraction of sp³-hybridized carbons (Fsp3) is 0.375. The molecule has 1 heterocycles. The first-order valence-electron chi connectivity index (χ1n) is 7.33. The van der Waals surface area contributed by atoms with Gasteiger partial charge >= 0.3 is 0 Å². The number of guanidine groups is 1. The highest BCUT2D eigenvalue weighted by Gasteiger charge is 2.09. The van der Waals surface area contributed by atoms with Crippen molar-refractivity contribution in [3.05, 3.63) is 52.9 Å². The van der Waals surface area contributed by atoms with Crippen LogP contribution in [0.15, 0.2) is 33.8 Å². The lowest BCUT2D eigenvalue weighted by Gasteiger charge is -2.11. The summed E-state index contributed by atoms with van der Waals surface area (Å²) in [5, 5.41) is 9.92. The molecule has 2 aromatic rings. The summed E-state index contributed by atoms with van der Waals surface area (Å²) in [5.74, 6) is 0.478. The molecule has 0 aliphatic heterocycles. The first-order chi connectivity index (χ1) is 11.0. The van der Waals surface area contributed by atoms with Crippen molar-refractivity contribution in [2.75, 3.05) is 7.05 Å². The van der Waals surface area contributed by atoms with E-state index in [1.54, 1.807) is 7.05 Å². The van der Waals surface area contributed by atoms with Crippen LogP contribution in [0.5, 0.6) is 0 Å². The molecule has 0 radical (unpaired) electrons. The van der Waals surface area contributed by atoms with Gasteiger partial charge in [0.1, 0.15) is 11.6 Å². The van der Waals surface area contributed by atoms with Crippen LogP contribution in [-0.4, -0.2) is 18.2 Å². The minimum atomic E-state index is -0.478. The lowest BCUT2D eigenvalue weighted by molar-refractivity contribution is 0.372. The molecule has 24 heavy (non-hydrogen) atoms. The predicted octanol–water partition coefficient (Wildman–Crippen LogP) is 3.56. The first-order valence-corrected chi connectivity index (χ1v) is 7.33. The summed E-state index contributed by atoms with van der Waals surface area (Å²) in [6.07, 6.45) is 0. The molecule has 1 aromatic heterocycles. The molecule has 0 bridgehead atoms. The maximum absolute atomic E-state index is 13.6. The number of hydrogen-bond acceptors (Lipinski definition) is 3. The van der Waals surface area contributed by atoms with Gasteiger partial charge in [0.05, 0.1) is 12.2 Å². The molecular weight excluding hydrogens is 429 g/mol. The van der Waals surface area contributed by atoms with Crippen molar-refractivity contribution in [2.24, 2.45) is 4.99 Å². The Bertz CT molecular complexity index is 688. The number of hydrogen-bond donors (Lipinski definition) is 2. The molecular formula is C16H21F2IN4O. The van der Waals surface area contributed by atoms with Gasteiger partial charge in [0, 0.05) is 25.2 Å². The van der Waals surface area contributed by atoms with Crippen molar-refractivity contribution < 1.29 is 13.3 Å². The van der Waals surface area contributed by atoms with Crippen LogP contribution in [0, 0.1) is 11.6 Å². The molecule has 0 unspecified atom stereocenters. The Labute approximate surface area is 156 Å². The molecule has 0 amide bonds. The van der Waals surface area contributed by atoms with Gasteiger partial charge in [-0.05, 0) is 24.1 Å². The van der Waals surface area contributed by atoms with Crippen molar-refractivity contribution in [3.8, 4) is 0 Å². The average Bonchev–Trinajstić information content (AvgIpc) is 3.00. The van der Waals surface area contributed by atoms with Crippen LogP contribution >= 0.6 is 24.0 Å². The van der Waals surface area contributed by atoms with E-state index < -0.39 is 11.6 Å². The highest BCUT2D eigenvalue weighted by molar-refractivity contribution is 14.0. The van der Waals surface area contributed by atoms with E-state index in [1.807, 2.05) is 19.9 Å². The summed E-state index contributed by atoms with van der Waals surface area (Å²) in [4.78, 5) is 4.03. The van der Waals surface area contributed by atoms with Crippen LogP contribution in [0.4, 0.5) is 8.78 Å². The third kappa shape index (κ3) is 5.73. The molecule has 0 atom stereocenters. The summed E-state index contributed by atoms with van der Waals surface area (Å²) in [7, 11) is 1.59. The number of nitrogens with zero attached hydrogens (tertiary/aromatic N) is 2. The first kappa shape index (κ1) is 20.3. The number of aliphatic imine (C=N–C) groups is 1. The van der Waals surface area contributed by atoms with Gasteiger partial charge in [0.25, 0.3) is 0 Å². The Morgan fingerprint density at radius 2 is 1.92 bits per heavy atom. The molecule has 2 rings (SSSR count). The molecule has 0 saturated heterocycles. The average molecular weight is 450 g/mol. The summed E-state index contributed by atoms with van der Waals surface area (Å²) >= 11 is 0. The van der Waals surface area contributed by atoms with Gasteiger partial charge in [-0.3, -0.25) is 4.99 Å². The topological polar surface area (TPSA) is 62.5 Å². The smallest absolute Gasteiger partial charge is 0.191 e. The second-order valence-electron chi connectivity index (χ2n) is 5.39. The molecule has 0 fully saturated rings. The minimum absolute atomic E-state index is 0. The molecule has 132 valence electrons. The van der Waals surface area contributed by atoms with Gasteiger partial charge in [-0.1, -0.05) is 19.0 Å². The quantitative estimate of drug-likeness (QED) is 0.416. The molecule has 0 aliphatic carbocycles. The van der Waals surface area contributed by atoms with Gasteiger partial charge < -0.3 is 15.2 Å². The Balaban J connectivity index is 0.00000288. The van der Waals surface area contributed by atoms with Gasteiger partial charge in [-0.2, -0.15) is 0 Å². The fourth-order valence-electron chi connectivity index (χ4n) is 1.93. The zero-order valence-corrected chi connectivity index (χ0v) is 16.1. The number of nitrogens with one attached hydrogen (secondary N) is 2. The van der Waals surface area contributed by atoms with E-state index in [2.05, 4.69) is 20.8 Å². The Morgan fingerprint density at radius 1 is 1.21 bits per heavy atom. The molecule has 1 aromatic carbocycles. The zero-order chi connectivity index (χ0) is 16.8. The molecule has 5 nitrogen and oxygen atoms in total. The van der Waals surface area contributed by atoms with E-state index in [0.29, 0.717) is 24.2 Å². The van der Waals surface area contributed by atoms with E-state index in [4.69, 9.17) is 4.52 Å². The highest BCUT2D eigenvalue weighted by atomic mass is 127. The largest absolute Gasteiger partial charge is 0.359 e. The molecule has 8 heteroatoms. The lowest BCUT2D eigenvalue weighted by atomic mass is 10.1. The number of aromatic nitrogens is 1. The number of benzene rings is 1. The van der Waals surface area contributed by atoms with E-state index >= 15 is 0 Å². The van der Waals surface area contributed by atoms with Crippen LogP contribution in [0.1, 0.15) is 36.8 Å². The SMILES string of the molecule is CN=C(NCc1cc(C(C)C)no1)NCc1cc(F)ccc1F.I. The van der Waals surface area contributed by atoms with Crippen molar-refractivity contribution in [1.82, 2.24) is 15.8 Å². The van der Waals surface area contributed by atoms with E-state index in [9.17, 15) is 8.78 Å². The molecule has 0 saturated carbocycles. The van der Waals surface area contributed by atoms with Gasteiger partial charge in [-0.15, -0.1) is 24.0 Å². The molecule has 0 spiro atoms. The normalized spacial score (nSPS) is 11.3. The third-order valence-corrected chi connectivity index (χ3v) is 3.28. The van der Waals surface area contributed by atoms with Crippen molar-refractivity contribution in [3.63, 3.8) is 0 Å². The van der Waals surface area contributed by atoms with Gasteiger partial charge in [-0.25, -0.2) is 8.78 Å². The maximum atomic E-state index is 13.6. The predicted molar refractivity (Wildman–Crippen MR) is 99.4 cm³/mol. The summed E-state index contributed by atoms with van der Waals surface area (Å²) in [5.41, 5.74) is 1.11. The standard InChI is InChI=1S/C16H20F2N4O.HI/c1-10(2)15-7-13(23-22-15)9-21-16(19-3)20-8-11-6-12(17)4-5-14(11)18;/h4-7,10H,8-9H2,1-3H3,(H2,19,20,21);1H. The summed E-state index contributed by atoms with van der Waals surface area (Å²) in [6.45, 7) is 4.58. The van der Waals surface area contributed by atoms with Crippen LogP contribution < -0.4 is 10.6 Å². The van der Waals surface area contributed by atoms with Gasteiger partial charge in [0.2, 0.25) is 0 Å². The fourth-order valence-corrected chi connectivity index (χ4v) is 1.93. The van der Waals surface area contributed by atoms with Crippen molar-refractivity contribution in [2.45, 2.75) is 32.9 Å². The van der Waals surface area contributed by atoms with Crippen molar-refractivity contribution >= 4 is 29.9 Å². The monoisotopic (exact) mass is 450 g/mol.